The van der Waals surface area contributed by atoms with E-state index in [0.29, 0.717) is 10.7 Å². The predicted octanol–water partition coefficient (Wildman–Crippen LogP) is 2.55. The number of carbonyl (C=O) groups is 2. The molecular formula is C16H14ClN3O4. The fourth-order valence-electron chi connectivity index (χ4n) is 1.95. The highest BCUT2D eigenvalue weighted by atomic mass is 35.5. The Morgan fingerprint density at radius 1 is 1.08 bits per heavy atom. The van der Waals surface area contributed by atoms with Gasteiger partial charge in [-0.3, -0.25) is 19.7 Å². The lowest BCUT2D eigenvalue weighted by Crippen LogP contribution is -2.33. The van der Waals surface area contributed by atoms with Crippen LogP contribution >= 0.6 is 11.6 Å². The van der Waals surface area contributed by atoms with Crippen molar-refractivity contribution in [2.45, 2.75) is 6.42 Å². The van der Waals surface area contributed by atoms with Crippen LogP contribution in [0.3, 0.4) is 0 Å². The average Bonchev–Trinajstić information content (AvgIpc) is 2.53. The fourth-order valence-corrected chi connectivity index (χ4v) is 2.16. The van der Waals surface area contributed by atoms with Crippen molar-refractivity contribution in [3.63, 3.8) is 0 Å². The van der Waals surface area contributed by atoms with E-state index in [1.165, 1.54) is 24.3 Å². The van der Waals surface area contributed by atoms with E-state index in [9.17, 15) is 19.7 Å². The van der Waals surface area contributed by atoms with Crippen LogP contribution in [0.25, 0.3) is 0 Å². The number of nitrogens with one attached hydrogen (secondary N) is 2. The lowest BCUT2D eigenvalue weighted by molar-refractivity contribution is -0.384. The smallest absolute Gasteiger partial charge is 0.269 e. The van der Waals surface area contributed by atoms with Crippen molar-refractivity contribution < 1.29 is 14.5 Å². The summed E-state index contributed by atoms with van der Waals surface area (Å²) in [6.45, 7) is -0.198. The Kier molecular flexibility index (Phi) is 5.86. The number of non-ortho nitro benzene ring substituents is 1. The summed E-state index contributed by atoms with van der Waals surface area (Å²) in [7, 11) is 0. The lowest BCUT2D eigenvalue weighted by atomic mass is 10.1. The standard InChI is InChI=1S/C16H14ClN3O4/c17-12-3-1-2-11(8-12)9-15(21)18-10-16(22)19-13-4-6-14(7-5-13)20(23)24/h1-8H,9-10H2,(H,18,21)(H,19,22). The van der Waals surface area contributed by atoms with Crippen LogP contribution in [0.5, 0.6) is 0 Å². The third-order valence-corrected chi connectivity index (χ3v) is 3.30. The molecule has 0 atom stereocenters. The van der Waals surface area contributed by atoms with Gasteiger partial charge < -0.3 is 10.6 Å². The van der Waals surface area contributed by atoms with Crippen molar-refractivity contribution in [3.05, 3.63) is 69.2 Å². The molecule has 8 heteroatoms. The van der Waals surface area contributed by atoms with Gasteiger partial charge in [0.05, 0.1) is 17.9 Å². The average molecular weight is 348 g/mol. The number of amides is 2. The second-order valence-corrected chi connectivity index (χ2v) is 5.37. The molecule has 0 heterocycles. The van der Waals surface area contributed by atoms with Crippen LogP contribution < -0.4 is 10.6 Å². The van der Waals surface area contributed by atoms with Gasteiger partial charge in [-0.05, 0) is 29.8 Å². The third-order valence-electron chi connectivity index (χ3n) is 3.06. The third kappa shape index (κ3) is 5.36. The molecule has 0 unspecified atom stereocenters. The zero-order valence-corrected chi connectivity index (χ0v) is 13.2. The van der Waals surface area contributed by atoms with Gasteiger partial charge in [-0.15, -0.1) is 0 Å². The van der Waals surface area contributed by atoms with E-state index in [2.05, 4.69) is 10.6 Å². The summed E-state index contributed by atoms with van der Waals surface area (Å²) < 4.78 is 0. The number of nitrogens with zero attached hydrogens (tertiary/aromatic N) is 1. The Balaban J connectivity index is 1.80. The topological polar surface area (TPSA) is 101 Å². The molecule has 0 bridgehead atoms. The Morgan fingerprint density at radius 2 is 1.79 bits per heavy atom. The zero-order chi connectivity index (χ0) is 17.5. The highest BCUT2D eigenvalue weighted by molar-refractivity contribution is 6.30. The predicted molar refractivity (Wildman–Crippen MR) is 89.9 cm³/mol. The summed E-state index contributed by atoms with van der Waals surface area (Å²) in [6.07, 6.45) is 0.116. The summed E-state index contributed by atoms with van der Waals surface area (Å²) in [5, 5.41) is 16.1. The second kappa shape index (κ2) is 8.07. The van der Waals surface area contributed by atoms with E-state index in [0.717, 1.165) is 5.56 Å². The molecule has 24 heavy (non-hydrogen) atoms. The quantitative estimate of drug-likeness (QED) is 0.619. The minimum absolute atomic E-state index is 0.0668. The minimum Gasteiger partial charge on any atom is -0.347 e. The Morgan fingerprint density at radius 3 is 2.42 bits per heavy atom. The molecule has 2 aromatic carbocycles. The van der Waals surface area contributed by atoms with Gasteiger partial charge in [0.15, 0.2) is 0 Å². The summed E-state index contributed by atoms with van der Waals surface area (Å²) in [6, 6.07) is 12.3. The normalized spacial score (nSPS) is 10.0. The van der Waals surface area contributed by atoms with Crippen LogP contribution in [-0.2, 0) is 16.0 Å². The number of anilines is 1. The van der Waals surface area contributed by atoms with E-state index in [1.54, 1.807) is 24.3 Å². The molecule has 124 valence electrons. The molecule has 0 aliphatic carbocycles. The molecule has 2 aromatic rings. The first-order chi connectivity index (χ1) is 11.4. The van der Waals surface area contributed by atoms with Crippen molar-refractivity contribution >= 4 is 34.8 Å². The molecule has 0 spiro atoms. The number of rotatable bonds is 6. The second-order valence-electron chi connectivity index (χ2n) is 4.94. The van der Waals surface area contributed by atoms with Crippen LogP contribution in [0.1, 0.15) is 5.56 Å². The highest BCUT2D eigenvalue weighted by Crippen LogP contribution is 2.15. The monoisotopic (exact) mass is 347 g/mol. The summed E-state index contributed by atoms with van der Waals surface area (Å²) >= 11 is 5.84. The highest BCUT2D eigenvalue weighted by Gasteiger charge is 2.09. The van der Waals surface area contributed by atoms with E-state index in [4.69, 9.17) is 11.6 Å². The van der Waals surface area contributed by atoms with E-state index < -0.39 is 10.8 Å². The summed E-state index contributed by atoms with van der Waals surface area (Å²) in [4.78, 5) is 33.6. The van der Waals surface area contributed by atoms with E-state index in [-0.39, 0.29) is 24.6 Å². The van der Waals surface area contributed by atoms with Crippen LogP contribution in [0, 0.1) is 10.1 Å². The molecule has 7 nitrogen and oxygen atoms in total. The van der Waals surface area contributed by atoms with E-state index in [1.807, 2.05) is 0 Å². The number of halogens is 1. The van der Waals surface area contributed by atoms with Gasteiger partial charge in [-0.1, -0.05) is 23.7 Å². The van der Waals surface area contributed by atoms with E-state index >= 15 is 0 Å². The van der Waals surface area contributed by atoms with Gasteiger partial charge in [0.2, 0.25) is 11.8 Å². The van der Waals surface area contributed by atoms with Crippen molar-refractivity contribution in [2.24, 2.45) is 0 Å². The molecule has 0 aromatic heterocycles. The largest absolute Gasteiger partial charge is 0.347 e. The van der Waals surface area contributed by atoms with Crippen molar-refractivity contribution in [2.75, 3.05) is 11.9 Å². The Labute approximate surface area is 142 Å². The number of hydrogen-bond donors (Lipinski definition) is 2. The minimum atomic E-state index is -0.526. The Bertz CT molecular complexity index is 762. The van der Waals surface area contributed by atoms with Gasteiger partial charge in [-0.2, -0.15) is 0 Å². The molecular weight excluding hydrogens is 334 g/mol. The van der Waals surface area contributed by atoms with Crippen molar-refractivity contribution in [1.82, 2.24) is 5.32 Å². The molecule has 0 saturated carbocycles. The summed E-state index contributed by atoms with van der Waals surface area (Å²) in [5.74, 6) is -0.737. The van der Waals surface area contributed by atoms with Crippen LogP contribution in [0.4, 0.5) is 11.4 Å². The molecule has 0 aliphatic rings. The van der Waals surface area contributed by atoms with Crippen molar-refractivity contribution in [1.29, 1.82) is 0 Å². The van der Waals surface area contributed by atoms with Gasteiger partial charge in [-0.25, -0.2) is 0 Å². The Hall–Kier alpha value is -2.93. The number of nitro groups is 1. The molecule has 0 saturated heterocycles. The maximum Gasteiger partial charge on any atom is 0.269 e. The first-order valence-corrected chi connectivity index (χ1v) is 7.37. The van der Waals surface area contributed by atoms with Gasteiger partial charge in [0.1, 0.15) is 0 Å². The van der Waals surface area contributed by atoms with Gasteiger partial charge >= 0.3 is 0 Å². The molecule has 2 N–H and O–H groups in total. The summed E-state index contributed by atoms with van der Waals surface area (Å²) in [5.41, 5.74) is 1.09. The number of benzene rings is 2. The SMILES string of the molecule is O=C(Cc1cccc(Cl)c1)NCC(=O)Nc1ccc([N+](=O)[O-])cc1. The molecule has 0 fully saturated rings. The maximum absolute atomic E-state index is 11.8. The number of nitro benzene ring substituents is 1. The van der Waals surface area contributed by atoms with Gasteiger partial charge in [0.25, 0.3) is 5.69 Å². The molecule has 2 amide bonds. The number of carbonyl (C=O) groups excluding carboxylic acids is 2. The fraction of sp³-hybridized carbons (Fsp3) is 0.125. The zero-order valence-electron chi connectivity index (χ0n) is 12.5. The molecule has 0 aliphatic heterocycles. The van der Waals surface area contributed by atoms with Crippen LogP contribution in [0.15, 0.2) is 48.5 Å². The van der Waals surface area contributed by atoms with Crippen LogP contribution in [0.2, 0.25) is 5.02 Å². The first kappa shape index (κ1) is 17.4. The first-order valence-electron chi connectivity index (χ1n) is 6.99. The van der Waals surface area contributed by atoms with Crippen LogP contribution in [-0.4, -0.2) is 23.3 Å². The maximum atomic E-state index is 11.8. The van der Waals surface area contributed by atoms with Gasteiger partial charge in [0, 0.05) is 22.8 Å². The lowest BCUT2D eigenvalue weighted by Gasteiger charge is -2.07. The number of hydrogen-bond acceptors (Lipinski definition) is 4. The molecule has 2 rings (SSSR count). The van der Waals surface area contributed by atoms with Crippen molar-refractivity contribution in [3.8, 4) is 0 Å². The molecule has 0 radical (unpaired) electrons.